The number of nitrogens with zero attached hydrogens (tertiary/aromatic N) is 2. The molecule has 1 saturated carbocycles. The Morgan fingerprint density at radius 3 is 2.81 bits per heavy atom. The predicted octanol–water partition coefficient (Wildman–Crippen LogP) is 2.11. The van der Waals surface area contributed by atoms with Crippen LogP contribution in [0.2, 0.25) is 0 Å². The lowest BCUT2D eigenvalue weighted by atomic mass is 9.89. The molecule has 1 N–H and O–H groups in total. The van der Waals surface area contributed by atoms with Gasteiger partial charge in [0.05, 0.1) is 5.69 Å². The second-order valence-electron chi connectivity index (χ2n) is 5.18. The van der Waals surface area contributed by atoms with Gasteiger partial charge < -0.3 is 9.88 Å². The van der Waals surface area contributed by atoms with Gasteiger partial charge in [0.15, 0.2) is 0 Å². The van der Waals surface area contributed by atoms with E-state index >= 15 is 0 Å². The average molecular weight is 219 g/mol. The molecule has 88 valence electrons. The van der Waals surface area contributed by atoms with Crippen molar-refractivity contribution in [3.8, 4) is 0 Å². The van der Waals surface area contributed by atoms with Crippen molar-refractivity contribution in [3.05, 3.63) is 17.2 Å². The van der Waals surface area contributed by atoms with Gasteiger partial charge in [-0.15, -0.1) is 0 Å². The lowest BCUT2D eigenvalue weighted by Gasteiger charge is -2.21. The summed E-state index contributed by atoms with van der Waals surface area (Å²) in [6.07, 6.45) is 8.03. The van der Waals surface area contributed by atoms with E-state index in [4.69, 9.17) is 4.98 Å². The van der Waals surface area contributed by atoms with Crippen LogP contribution in [-0.4, -0.2) is 16.1 Å². The normalized spacial score (nSPS) is 22.1. The molecule has 1 aromatic heterocycles. The Labute approximate surface area is 97.3 Å². The molecule has 0 atom stereocenters. The van der Waals surface area contributed by atoms with Gasteiger partial charge in [-0.25, -0.2) is 4.98 Å². The van der Waals surface area contributed by atoms with Gasteiger partial charge in [-0.3, -0.25) is 0 Å². The van der Waals surface area contributed by atoms with Crippen LogP contribution in [0, 0.1) is 0 Å². The van der Waals surface area contributed by atoms with Crippen molar-refractivity contribution in [2.24, 2.45) is 7.05 Å². The minimum absolute atomic E-state index is 0.726. The first kappa shape index (κ1) is 10.3. The number of fused-ring (bicyclic) bond motifs is 1. The Bertz CT molecular complexity index is 375. The maximum Gasteiger partial charge on any atom is 0.112 e. The van der Waals surface area contributed by atoms with Gasteiger partial charge in [-0.05, 0) is 12.8 Å². The number of nitrogens with one attached hydrogen (secondary N) is 1. The fourth-order valence-electron chi connectivity index (χ4n) is 3.20. The molecule has 0 radical (unpaired) electrons. The van der Waals surface area contributed by atoms with Gasteiger partial charge in [-0.2, -0.15) is 0 Å². The van der Waals surface area contributed by atoms with E-state index in [1.54, 1.807) is 0 Å². The van der Waals surface area contributed by atoms with Crippen molar-refractivity contribution in [2.75, 3.05) is 6.54 Å². The zero-order valence-electron chi connectivity index (χ0n) is 10.1. The molecular weight excluding hydrogens is 198 g/mol. The van der Waals surface area contributed by atoms with E-state index in [0.717, 1.165) is 25.4 Å². The Balaban J connectivity index is 1.91. The first-order valence-corrected chi connectivity index (χ1v) is 6.61. The van der Waals surface area contributed by atoms with E-state index in [1.807, 2.05) is 0 Å². The van der Waals surface area contributed by atoms with Gasteiger partial charge in [0.1, 0.15) is 5.82 Å². The smallest absolute Gasteiger partial charge is 0.112 e. The highest BCUT2D eigenvalue weighted by Gasteiger charge is 2.24. The zero-order chi connectivity index (χ0) is 11.0. The Hall–Kier alpha value is -0.830. The largest absolute Gasteiger partial charge is 0.335 e. The van der Waals surface area contributed by atoms with Crippen LogP contribution in [-0.2, 0) is 20.0 Å². The highest BCUT2D eigenvalue weighted by molar-refractivity contribution is 5.21. The minimum Gasteiger partial charge on any atom is -0.335 e. The monoisotopic (exact) mass is 219 g/mol. The fourth-order valence-corrected chi connectivity index (χ4v) is 3.20. The molecule has 1 aromatic rings. The molecule has 3 nitrogen and oxygen atoms in total. The first-order valence-electron chi connectivity index (χ1n) is 6.61. The maximum atomic E-state index is 4.87. The lowest BCUT2D eigenvalue weighted by Crippen LogP contribution is -2.24. The summed E-state index contributed by atoms with van der Waals surface area (Å²) in [4.78, 5) is 4.87. The summed E-state index contributed by atoms with van der Waals surface area (Å²) in [5.41, 5.74) is 2.77. The summed E-state index contributed by atoms with van der Waals surface area (Å²) in [5.74, 6) is 2.08. The molecule has 0 bridgehead atoms. The second kappa shape index (κ2) is 4.21. The van der Waals surface area contributed by atoms with Crippen LogP contribution in [0.1, 0.15) is 55.2 Å². The maximum absolute atomic E-state index is 4.87. The minimum atomic E-state index is 0.726. The van der Waals surface area contributed by atoms with Crippen LogP contribution < -0.4 is 5.32 Å². The molecular formula is C13H21N3. The summed E-state index contributed by atoms with van der Waals surface area (Å²) in [7, 11) is 2.21. The third kappa shape index (κ3) is 1.67. The van der Waals surface area contributed by atoms with Crippen molar-refractivity contribution in [3.63, 3.8) is 0 Å². The van der Waals surface area contributed by atoms with Crippen molar-refractivity contribution < 1.29 is 0 Å². The summed E-state index contributed by atoms with van der Waals surface area (Å²) in [6.45, 7) is 2.08. The molecule has 0 unspecified atom stereocenters. The third-order valence-electron chi connectivity index (χ3n) is 4.13. The van der Waals surface area contributed by atoms with Crippen molar-refractivity contribution in [2.45, 2.75) is 51.0 Å². The van der Waals surface area contributed by atoms with E-state index in [0.29, 0.717) is 0 Å². The molecule has 0 spiro atoms. The van der Waals surface area contributed by atoms with E-state index in [2.05, 4.69) is 16.9 Å². The summed E-state index contributed by atoms with van der Waals surface area (Å²) < 4.78 is 2.38. The Morgan fingerprint density at radius 2 is 2.06 bits per heavy atom. The first-order chi connectivity index (χ1) is 7.86. The van der Waals surface area contributed by atoms with E-state index in [9.17, 15) is 0 Å². The van der Waals surface area contributed by atoms with Crippen molar-refractivity contribution >= 4 is 0 Å². The highest BCUT2D eigenvalue weighted by atomic mass is 15.1. The van der Waals surface area contributed by atoms with Gasteiger partial charge >= 0.3 is 0 Å². The lowest BCUT2D eigenvalue weighted by molar-refractivity contribution is 0.420. The summed E-state index contributed by atoms with van der Waals surface area (Å²) in [5, 5.41) is 3.41. The zero-order valence-corrected chi connectivity index (χ0v) is 10.1. The van der Waals surface area contributed by atoms with Gasteiger partial charge in [0.25, 0.3) is 0 Å². The Morgan fingerprint density at radius 1 is 1.25 bits per heavy atom. The quantitative estimate of drug-likeness (QED) is 0.784. The molecule has 1 aliphatic heterocycles. The van der Waals surface area contributed by atoms with Gasteiger partial charge in [0, 0.05) is 38.2 Å². The molecule has 2 aliphatic rings. The molecule has 3 rings (SSSR count). The second-order valence-corrected chi connectivity index (χ2v) is 5.18. The molecule has 16 heavy (non-hydrogen) atoms. The van der Waals surface area contributed by atoms with Crippen LogP contribution >= 0.6 is 0 Å². The van der Waals surface area contributed by atoms with Gasteiger partial charge in [-0.1, -0.05) is 19.3 Å². The number of hydrogen-bond donors (Lipinski definition) is 1. The van der Waals surface area contributed by atoms with Crippen LogP contribution in [0.25, 0.3) is 0 Å². The Kier molecular flexibility index (Phi) is 2.72. The molecule has 0 amide bonds. The number of imidazole rings is 1. The number of rotatable bonds is 1. The molecule has 3 heteroatoms. The van der Waals surface area contributed by atoms with E-state index < -0.39 is 0 Å². The standard InChI is InChI=1S/C13H21N3/c1-16-12-7-8-14-9-11(12)15-13(16)10-5-3-2-4-6-10/h10,14H,2-9H2,1H3. The SMILES string of the molecule is Cn1c(C2CCCCC2)nc2c1CCNC2. The number of hydrogen-bond acceptors (Lipinski definition) is 2. The molecule has 0 saturated heterocycles. The molecule has 2 heterocycles. The summed E-state index contributed by atoms with van der Waals surface area (Å²) >= 11 is 0. The molecule has 0 aromatic carbocycles. The number of aromatic nitrogens is 2. The van der Waals surface area contributed by atoms with Crippen LogP contribution in [0.15, 0.2) is 0 Å². The third-order valence-corrected chi connectivity index (χ3v) is 4.13. The van der Waals surface area contributed by atoms with Crippen molar-refractivity contribution in [1.82, 2.24) is 14.9 Å². The topological polar surface area (TPSA) is 29.9 Å². The van der Waals surface area contributed by atoms with Gasteiger partial charge in [0.2, 0.25) is 0 Å². The van der Waals surface area contributed by atoms with E-state index in [-0.39, 0.29) is 0 Å². The summed E-state index contributed by atoms with van der Waals surface area (Å²) in [6, 6.07) is 0. The van der Waals surface area contributed by atoms with Crippen LogP contribution in [0.3, 0.4) is 0 Å². The highest BCUT2D eigenvalue weighted by Crippen LogP contribution is 2.33. The fraction of sp³-hybridized carbons (Fsp3) is 0.769. The predicted molar refractivity (Wildman–Crippen MR) is 64.4 cm³/mol. The van der Waals surface area contributed by atoms with Crippen LogP contribution in [0.4, 0.5) is 0 Å². The van der Waals surface area contributed by atoms with Crippen molar-refractivity contribution in [1.29, 1.82) is 0 Å². The molecule has 1 fully saturated rings. The average Bonchev–Trinajstić information content (AvgIpc) is 2.69. The van der Waals surface area contributed by atoms with Crippen LogP contribution in [0.5, 0.6) is 0 Å². The van der Waals surface area contributed by atoms with E-state index in [1.165, 1.54) is 49.3 Å². The molecule has 1 aliphatic carbocycles.